The molecule has 1 N–H and O–H groups in total. The monoisotopic (exact) mass is 368 g/mol. The number of nitrogens with one attached hydrogen (secondary N) is 1. The molecule has 0 spiro atoms. The summed E-state index contributed by atoms with van der Waals surface area (Å²) in [6.07, 6.45) is 1.29. The predicted octanol–water partition coefficient (Wildman–Crippen LogP) is 2.89. The number of aryl methyl sites for hydroxylation is 1. The minimum atomic E-state index is -0.178. The maximum absolute atomic E-state index is 11.9. The van der Waals surface area contributed by atoms with Crippen molar-refractivity contribution in [3.8, 4) is 11.5 Å². The van der Waals surface area contributed by atoms with Crippen LogP contribution in [0, 0.1) is 6.92 Å². The molecule has 142 valence electrons. The molecule has 0 aliphatic carbocycles. The average molecular weight is 368 g/mol. The summed E-state index contributed by atoms with van der Waals surface area (Å²) in [5.41, 5.74) is 3.26. The van der Waals surface area contributed by atoms with Crippen molar-refractivity contribution in [1.82, 2.24) is 5.32 Å². The van der Waals surface area contributed by atoms with Gasteiger partial charge in [-0.2, -0.15) is 0 Å². The third-order valence-electron chi connectivity index (χ3n) is 4.28. The summed E-state index contributed by atoms with van der Waals surface area (Å²) >= 11 is 0. The molecule has 27 heavy (non-hydrogen) atoms. The third-order valence-corrected chi connectivity index (χ3v) is 4.28. The van der Waals surface area contributed by atoms with Crippen LogP contribution in [-0.4, -0.2) is 38.0 Å². The molecule has 2 aromatic rings. The van der Waals surface area contributed by atoms with Gasteiger partial charge in [-0.15, -0.1) is 0 Å². The van der Waals surface area contributed by atoms with Gasteiger partial charge in [-0.25, -0.2) is 0 Å². The molecule has 2 aromatic carbocycles. The SMILES string of the molecule is COc1ccc(CC2=NO[C@@H](CNC(=O)COc3ccc(C)cc3)C2)cc1. The molecule has 0 aromatic heterocycles. The van der Waals surface area contributed by atoms with Crippen molar-refractivity contribution in [3.05, 3.63) is 59.7 Å². The average Bonchev–Trinajstić information content (AvgIpc) is 3.14. The highest BCUT2D eigenvalue weighted by Crippen LogP contribution is 2.17. The van der Waals surface area contributed by atoms with Crippen molar-refractivity contribution < 1.29 is 19.1 Å². The Hall–Kier alpha value is -3.02. The van der Waals surface area contributed by atoms with Crippen molar-refractivity contribution in [2.45, 2.75) is 25.9 Å². The lowest BCUT2D eigenvalue weighted by Gasteiger charge is -2.11. The lowest BCUT2D eigenvalue weighted by atomic mass is 10.0. The van der Waals surface area contributed by atoms with E-state index in [4.69, 9.17) is 14.3 Å². The van der Waals surface area contributed by atoms with Crippen LogP contribution in [0.25, 0.3) is 0 Å². The normalized spacial score (nSPS) is 15.6. The lowest BCUT2D eigenvalue weighted by Crippen LogP contribution is -2.35. The number of amides is 1. The summed E-state index contributed by atoms with van der Waals surface area (Å²) < 4.78 is 10.6. The number of carbonyl (C=O) groups is 1. The van der Waals surface area contributed by atoms with Gasteiger partial charge in [0.15, 0.2) is 6.61 Å². The number of rotatable bonds is 8. The number of hydrogen-bond acceptors (Lipinski definition) is 5. The summed E-state index contributed by atoms with van der Waals surface area (Å²) in [5.74, 6) is 1.33. The maximum atomic E-state index is 11.9. The Morgan fingerprint density at radius 3 is 2.56 bits per heavy atom. The molecular formula is C21H24N2O4. The Balaban J connectivity index is 1.36. The zero-order valence-electron chi connectivity index (χ0n) is 15.6. The number of oxime groups is 1. The number of hydrogen-bond donors (Lipinski definition) is 1. The molecule has 0 saturated carbocycles. The molecule has 0 saturated heterocycles. The molecule has 3 rings (SSSR count). The largest absolute Gasteiger partial charge is 0.497 e. The molecular weight excluding hydrogens is 344 g/mol. The van der Waals surface area contributed by atoms with Gasteiger partial charge in [0.2, 0.25) is 0 Å². The number of ether oxygens (including phenoxy) is 2. The van der Waals surface area contributed by atoms with Crippen molar-refractivity contribution in [2.75, 3.05) is 20.3 Å². The maximum Gasteiger partial charge on any atom is 0.258 e. The first-order chi connectivity index (χ1) is 13.1. The van der Waals surface area contributed by atoms with E-state index in [9.17, 15) is 4.79 Å². The first-order valence-electron chi connectivity index (χ1n) is 8.93. The van der Waals surface area contributed by atoms with Crippen LogP contribution in [0.3, 0.4) is 0 Å². The van der Waals surface area contributed by atoms with Crippen LogP contribution < -0.4 is 14.8 Å². The second kappa shape index (κ2) is 9.07. The highest BCUT2D eigenvalue weighted by atomic mass is 16.6. The zero-order valence-corrected chi connectivity index (χ0v) is 15.6. The molecule has 1 aliphatic rings. The lowest BCUT2D eigenvalue weighted by molar-refractivity contribution is -0.123. The molecule has 0 radical (unpaired) electrons. The topological polar surface area (TPSA) is 69.2 Å². The van der Waals surface area contributed by atoms with E-state index in [0.29, 0.717) is 18.7 Å². The number of nitrogens with zero attached hydrogens (tertiary/aromatic N) is 1. The van der Waals surface area contributed by atoms with E-state index < -0.39 is 0 Å². The van der Waals surface area contributed by atoms with Crippen LogP contribution in [0.5, 0.6) is 11.5 Å². The fourth-order valence-corrected chi connectivity index (χ4v) is 2.74. The van der Waals surface area contributed by atoms with E-state index in [1.165, 1.54) is 0 Å². The van der Waals surface area contributed by atoms with Crippen molar-refractivity contribution in [2.24, 2.45) is 5.16 Å². The van der Waals surface area contributed by atoms with Gasteiger partial charge in [0.1, 0.15) is 17.6 Å². The van der Waals surface area contributed by atoms with Crippen molar-refractivity contribution >= 4 is 11.6 Å². The molecule has 0 unspecified atom stereocenters. The van der Waals surface area contributed by atoms with E-state index >= 15 is 0 Å². The Morgan fingerprint density at radius 1 is 1.15 bits per heavy atom. The van der Waals surface area contributed by atoms with Gasteiger partial charge >= 0.3 is 0 Å². The van der Waals surface area contributed by atoms with Crippen LogP contribution in [0.1, 0.15) is 17.5 Å². The molecule has 1 amide bonds. The quantitative estimate of drug-likeness (QED) is 0.778. The molecule has 0 bridgehead atoms. The summed E-state index contributed by atoms with van der Waals surface area (Å²) in [7, 11) is 1.65. The number of carbonyl (C=O) groups excluding carboxylic acids is 1. The molecule has 0 fully saturated rings. The Kier molecular flexibility index (Phi) is 6.30. The van der Waals surface area contributed by atoms with Crippen molar-refractivity contribution in [3.63, 3.8) is 0 Å². The van der Waals surface area contributed by atoms with Crippen LogP contribution >= 0.6 is 0 Å². The van der Waals surface area contributed by atoms with E-state index in [2.05, 4.69) is 10.5 Å². The van der Waals surface area contributed by atoms with Gasteiger partial charge in [0, 0.05) is 12.8 Å². The fraction of sp³-hybridized carbons (Fsp3) is 0.333. The highest BCUT2D eigenvalue weighted by molar-refractivity contribution is 5.87. The Morgan fingerprint density at radius 2 is 1.85 bits per heavy atom. The minimum absolute atomic E-state index is 0.0185. The van der Waals surface area contributed by atoms with Gasteiger partial charge < -0.3 is 19.6 Å². The van der Waals surface area contributed by atoms with Crippen LogP contribution in [-0.2, 0) is 16.1 Å². The second-order valence-corrected chi connectivity index (χ2v) is 6.52. The van der Waals surface area contributed by atoms with E-state index in [1.807, 2.05) is 55.5 Å². The summed E-state index contributed by atoms with van der Waals surface area (Å²) in [6, 6.07) is 15.5. The van der Waals surface area contributed by atoms with Gasteiger partial charge in [-0.1, -0.05) is 35.0 Å². The summed E-state index contributed by atoms with van der Waals surface area (Å²) in [5, 5.41) is 6.96. The highest BCUT2D eigenvalue weighted by Gasteiger charge is 2.21. The molecule has 1 atom stereocenters. The van der Waals surface area contributed by atoms with E-state index in [-0.39, 0.29) is 18.6 Å². The van der Waals surface area contributed by atoms with E-state index in [1.54, 1.807) is 7.11 Å². The second-order valence-electron chi connectivity index (χ2n) is 6.52. The molecule has 6 heteroatoms. The van der Waals surface area contributed by atoms with Gasteiger partial charge in [0.25, 0.3) is 5.91 Å². The van der Waals surface area contributed by atoms with E-state index in [0.717, 1.165) is 29.0 Å². The molecule has 1 aliphatic heterocycles. The fourth-order valence-electron chi connectivity index (χ4n) is 2.74. The minimum Gasteiger partial charge on any atom is -0.497 e. The summed E-state index contributed by atoms with van der Waals surface area (Å²) in [4.78, 5) is 17.3. The van der Waals surface area contributed by atoms with Crippen LogP contribution in [0.4, 0.5) is 0 Å². The number of methoxy groups -OCH3 is 1. The zero-order chi connectivity index (χ0) is 19.1. The van der Waals surface area contributed by atoms with Crippen LogP contribution in [0.2, 0.25) is 0 Å². The van der Waals surface area contributed by atoms with Crippen LogP contribution in [0.15, 0.2) is 53.7 Å². The van der Waals surface area contributed by atoms with Crippen molar-refractivity contribution in [1.29, 1.82) is 0 Å². The Bertz CT molecular complexity index is 785. The first-order valence-corrected chi connectivity index (χ1v) is 8.93. The Labute approximate surface area is 159 Å². The summed E-state index contributed by atoms with van der Waals surface area (Å²) in [6.45, 7) is 2.39. The van der Waals surface area contributed by atoms with Gasteiger partial charge in [0.05, 0.1) is 19.4 Å². The standard InChI is InChI=1S/C21H24N2O4/c1-15-3-7-19(8-4-15)26-14-21(24)22-13-20-12-17(23-27-20)11-16-5-9-18(25-2)10-6-16/h3-10,20H,11-14H2,1-2H3,(H,22,24)/t20-/m1/s1. The third kappa shape index (κ3) is 5.74. The molecule has 6 nitrogen and oxygen atoms in total. The predicted molar refractivity (Wildman–Crippen MR) is 103 cm³/mol. The molecule has 1 heterocycles. The smallest absolute Gasteiger partial charge is 0.258 e. The number of benzene rings is 2. The van der Waals surface area contributed by atoms with Gasteiger partial charge in [-0.05, 0) is 36.8 Å². The van der Waals surface area contributed by atoms with Gasteiger partial charge in [-0.3, -0.25) is 4.79 Å². The first kappa shape index (κ1) is 18.8.